The van der Waals surface area contributed by atoms with E-state index in [1.165, 1.54) is 6.07 Å². The van der Waals surface area contributed by atoms with Crippen molar-refractivity contribution in [3.8, 4) is 17.2 Å². The Labute approximate surface area is 216 Å². The molecule has 0 spiro atoms. The molecule has 0 fully saturated rings. The smallest absolute Gasteiger partial charge is 0.416 e. The molecule has 1 aliphatic heterocycles. The molecule has 0 bridgehead atoms. The van der Waals surface area contributed by atoms with Gasteiger partial charge in [0.05, 0.1) is 24.3 Å². The van der Waals surface area contributed by atoms with Crippen LogP contribution in [0, 0.1) is 0 Å². The second-order valence-corrected chi connectivity index (χ2v) is 9.23. The zero-order chi connectivity index (χ0) is 26.6. The fourth-order valence-electron chi connectivity index (χ4n) is 4.55. The van der Waals surface area contributed by atoms with Gasteiger partial charge in [-0.15, -0.1) is 0 Å². The van der Waals surface area contributed by atoms with Crippen LogP contribution in [0.25, 0.3) is 5.70 Å². The van der Waals surface area contributed by atoms with E-state index in [2.05, 4.69) is 6.58 Å². The molecule has 3 aromatic carbocycles. The Morgan fingerprint density at radius 2 is 1.65 bits per heavy atom. The van der Waals surface area contributed by atoms with E-state index >= 15 is 0 Å². The molecular weight excluding hydrogens is 479 g/mol. The molecule has 0 saturated carbocycles. The predicted octanol–water partition coefficient (Wildman–Crippen LogP) is 7.54. The first kappa shape index (κ1) is 26.5. The highest BCUT2D eigenvalue weighted by atomic mass is 19.4. The van der Waals surface area contributed by atoms with Crippen LogP contribution in [0.2, 0.25) is 0 Å². The molecule has 0 aliphatic carbocycles. The highest BCUT2D eigenvalue weighted by molar-refractivity contribution is 5.64. The first-order chi connectivity index (χ1) is 17.7. The lowest BCUT2D eigenvalue weighted by atomic mass is 9.91. The van der Waals surface area contributed by atoms with Gasteiger partial charge in [0.1, 0.15) is 23.9 Å². The normalized spacial score (nSPS) is 15.3. The fourth-order valence-corrected chi connectivity index (χ4v) is 4.55. The molecule has 0 aromatic heterocycles. The van der Waals surface area contributed by atoms with E-state index in [9.17, 15) is 13.2 Å². The van der Waals surface area contributed by atoms with Crippen LogP contribution in [0.3, 0.4) is 0 Å². The molecule has 1 aliphatic rings. The zero-order valence-corrected chi connectivity index (χ0v) is 21.3. The maximum Gasteiger partial charge on any atom is 0.416 e. The standard InChI is InChI=1S/C30H32F3NO3/c1-5-35-25-9-11-26(12-10-25)36-19-29-28-14-13-27(37-20(2)3)18-23(28)15-16-34(29)21(4)22-7-6-8-24(17-22)30(31,32)33/h6-14,17-18,20,29H,4-5,15-16,19H2,1-3H3. The van der Waals surface area contributed by atoms with Crippen molar-refractivity contribution < 1.29 is 27.4 Å². The van der Waals surface area contributed by atoms with Crippen LogP contribution in [-0.4, -0.2) is 30.8 Å². The molecular formula is C30H32F3NO3. The first-order valence-corrected chi connectivity index (χ1v) is 12.4. The highest BCUT2D eigenvalue weighted by Gasteiger charge is 2.33. The predicted molar refractivity (Wildman–Crippen MR) is 139 cm³/mol. The van der Waals surface area contributed by atoms with E-state index in [4.69, 9.17) is 14.2 Å². The number of rotatable bonds is 9. The third-order valence-corrected chi connectivity index (χ3v) is 6.26. The zero-order valence-electron chi connectivity index (χ0n) is 21.3. The van der Waals surface area contributed by atoms with E-state index < -0.39 is 11.7 Å². The molecule has 4 rings (SSSR count). The lowest BCUT2D eigenvalue weighted by molar-refractivity contribution is -0.137. The third-order valence-electron chi connectivity index (χ3n) is 6.26. The fraction of sp³-hybridized carbons (Fsp3) is 0.333. The summed E-state index contributed by atoms with van der Waals surface area (Å²) in [5, 5.41) is 0. The van der Waals surface area contributed by atoms with Gasteiger partial charge in [0, 0.05) is 12.2 Å². The van der Waals surface area contributed by atoms with Crippen LogP contribution in [0.5, 0.6) is 17.2 Å². The summed E-state index contributed by atoms with van der Waals surface area (Å²) in [5.41, 5.74) is 2.44. The van der Waals surface area contributed by atoms with Gasteiger partial charge in [0.2, 0.25) is 0 Å². The van der Waals surface area contributed by atoms with Crippen molar-refractivity contribution in [2.24, 2.45) is 0 Å². The molecule has 0 saturated heterocycles. The molecule has 4 nitrogen and oxygen atoms in total. The van der Waals surface area contributed by atoms with Crippen LogP contribution in [-0.2, 0) is 12.6 Å². The summed E-state index contributed by atoms with van der Waals surface area (Å²) in [5.74, 6) is 2.24. The van der Waals surface area contributed by atoms with Crippen LogP contribution in [0.15, 0.2) is 73.3 Å². The number of benzene rings is 3. The van der Waals surface area contributed by atoms with Gasteiger partial charge in [-0.1, -0.05) is 24.8 Å². The maximum absolute atomic E-state index is 13.4. The lowest BCUT2D eigenvalue weighted by Gasteiger charge is -2.40. The minimum atomic E-state index is -4.42. The highest BCUT2D eigenvalue weighted by Crippen LogP contribution is 2.38. The van der Waals surface area contributed by atoms with E-state index in [-0.39, 0.29) is 12.1 Å². The molecule has 37 heavy (non-hydrogen) atoms. The van der Waals surface area contributed by atoms with E-state index in [1.807, 2.05) is 68.1 Å². The summed E-state index contributed by atoms with van der Waals surface area (Å²) in [6, 6.07) is 18.5. The Morgan fingerprint density at radius 3 is 2.30 bits per heavy atom. The molecule has 196 valence electrons. The quantitative estimate of drug-likeness (QED) is 0.297. The van der Waals surface area contributed by atoms with Gasteiger partial charge in [-0.3, -0.25) is 0 Å². The Morgan fingerprint density at radius 1 is 0.973 bits per heavy atom. The van der Waals surface area contributed by atoms with E-state index in [0.29, 0.717) is 43.2 Å². The number of ether oxygens (including phenoxy) is 3. The van der Waals surface area contributed by atoms with Crippen molar-refractivity contribution in [2.75, 3.05) is 19.8 Å². The average molecular weight is 512 g/mol. The van der Waals surface area contributed by atoms with Crippen molar-refractivity contribution in [2.45, 2.75) is 45.5 Å². The molecule has 0 radical (unpaired) electrons. The summed E-state index contributed by atoms with van der Waals surface area (Å²) >= 11 is 0. The number of alkyl halides is 3. The van der Waals surface area contributed by atoms with Gasteiger partial charge >= 0.3 is 6.18 Å². The Bertz CT molecular complexity index is 1220. The monoisotopic (exact) mass is 511 g/mol. The molecule has 1 atom stereocenters. The average Bonchev–Trinajstić information content (AvgIpc) is 2.87. The largest absolute Gasteiger partial charge is 0.494 e. The lowest BCUT2D eigenvalue weighted by Crippen LogP contribution is -2.37. The molecule has 0 amide bonds. The van der Waals surface area contributed by atoms with E-state index in [1.54, 1.807) is 6.07 Å². The van der Waals surface area contributed by atoms with Crippen LogP contribution >= 0.6 is 0 Å². The van der Waals surface area contributed by atoms with Crippen molar-refractivity contribution in [1.29, 1.82) is 0 Å². The number of nitrogens with zero attached hydrogens (tertiary/aromatic N) is 1. The van der Waals surface area contributed by atoms with Crippen LogP contribution in [0.1, 0.15) is 49.1 Å². The van der Waals surface area contributed by atoms with Gasteiger partial charge in [0.15, 0.2) is 0 Å². The molecule has 1 heterocycles. The summed E-state index contributed by atoms with van der Waals surface area (Å²) in [4.78, 5) is 2.04. The molecule has 1 unspecified atom stereocenters. The van der Waals surface area contributed by atoms with Gasteiger partial charge in [-0.05, 0) is 92.4 Å². The van der Waals surface area contributed by atoms with Gasteiger partial charge < -0.3 is 19.1 Å². The minimum Gasteiger partial charge on any atom is -0.494 e. The van der Waals surface area contributed by atoms with Crippen molar-refractivity contribution in [1.82, 2.24) is 4.90 Å². The summed E-state index contributed by atoms with van der Waals surface area (Å²) in [6.07, 6.45) is -3.66. The van der Waals surface area contributed by atoms with Gasteiger partial charge in [-0.2, -0.15) is 13.2 Å². The Hall–Kier alpha value is -3.61. The first-order valence-electron chi connectivity index (χ1n) is 12.4. The third kappa shape index (κ3) is 6.40. The molecule has 7 heteroatoms. The van der Waals surface area contributed by atoms with Crippen molar-refractivity contribution in [3.63, 3.8) is 0 Å². The van der Waals surface area contributed by atoms with Crippen LogP contribution in [0.4, 0.5) is 13.2 Å². The maximum atomic E-state index is 13.4. The summed E-state index contributed by atoms with van der Waals surface area (Å²) < 4.78 is 57.7. The van der Waals surface area contributed by atoms with E-state index in [0.717, 1.165) is 34.8 Å². The SMILES string of the molecule is C=C(c1cccc(C(F)(F)F)c1)N1CCc2cc(OC(C)C)ccc2C1COc1ccc(OCC)cc1. The minimum absolute atomic E-state index is 0.0533. The second kappa shape index (κ2) is 11.2. The van der Waals surface area contributed by atoms with Gasteiger partial charge in [-0.25, -0.2) is 0 Å². The second-order valence-electron chi connectivity index (χ2n) is 9.23. The summed E-state index contributed by atoms with van der Waals surface area (Å²) in [7, 11) is 0. The Kier molecular flexibility index (Phi) is 8.00. The molecule has 0 N–H and O–H groups in total. The number of fused-ring (bicyclic) bond motifs is 1. The van der Waals surface area contributed by atoms with Gasteiger partial charge in [0.25, 0.3) is 0 Å². The number of hydrogen-bond acceptors (Lipinski definition) is 4. The van der Waals surface area contributed by atoms with Crippen molar-refractivity contribution >= 4 is 5.70 Å². The van der Waals surface area contributed by atoms with Crippen molar-refractivity contribution in [3.05, 3.63) is 95.6 Å². The number of halogens is 3. The topological polar surface area (TPSA) is 30.9 Å². The number of hydrogen-bond donors (Lipinski definition) is 0. The molecule has 3 aromatic rings. The Balaban J connectivity index is 1.63. The van der Waals surface area contributed by atoms with Crippen LogP contribution < -0.4 is 14.2 Å². The summed E-state index contributed by atoms with van der Waals surface area (Å²) in [6.45, 7) is 11.5.